The van der Waals surface area contributed by atoms with Gasteiger partial charge in [-0.1, -0.05) is 12.8 Å². The van der Waals surface area contributed by atoms with Crippen LogP contribution in [-0.4, -0.2) is 62.2 Å². The molecule has 5 heteroatoms. The Morgan fingerprint density at radius 2 is 1.54 bits per heavy atom. The van der Waals surface area contributed by atoms with Gasteiger partial charge in [0.05, 0.1) is 5.69 Å². The molecule has 0 radical (unpaired) electrons. The zero-order valence-electron chi connectivity index (χ0n) is 16.2. The van der Waals surface area contributed by atoms with Crippen LogP contribution in [0.1, 0.15) is 44.9 Å². The number of hydrogen-bond acceptors (Lipinski definition) is 5. The van der Waals surface area contributed by atoms with Gasteiger partial charge in [0.2, 0.25) is 0 Å². The minimum Gasteiger partial charge on any atom is -0.490 e. The van der Waals surface area contributed by atoms with E-state index in [1.165, 1.54) is 71.2 Å². The molecule has 0 bridgehead atoms. The predicted octanol–water partition coefficient (Wildman–Crippen LogP) is 3.42. The number of hydrogen-bond donors (Lipinski definition) is 2. The smallest absolute Gasteiger partial charge is 0.144 e. The number of nitrogens with two attached hydrogens (primary N) is 1. The Hall–Kier alpha value is -1.46. The molecule has 0 aliphatic carbocycles. The van der Waals surface area contributed by atoms with Gasteiger partial charge in [-0.15, -0.1) is 0 Å². The van der Waals surface area contributed by atoms with Crippen molar-refractivity contribution in [1.29, 1.82) is 0 Å². The Morgan fingerprint density at radius 3 is 2.23 bits per heavy atom. The summed E-state index contributed by atoms with van der Waals surface area (Å²) in [4.78, 5) is 5.09. The molecule has 0 aromatic heterocycles. The maximum atomic E-state index is 6.07. The molecule has 2 aliphatic heterocycles. The fraction of sp³-hybridized carbons (Fsp3) is 0.714. The van der Waals surface area contributed by atoms with Crippen molar-refractivity contribution in [3.05, 3.63) is 18.2 Å². The lowest BCUT2D eigenvalue weighted by atomic mass is 10.1. The van der Waals surface area contributed by atoms with E-state index < -0.39 is 0 Å². The highest BCUT2D eigenvalue weighted by atomic mass is 16.5. The number of likely N-dealkylation sites (tertiary alicyclic amines) is 2. The second-order valence-electron chi connectivity index (χ2n) is 7.69. The highest BCUT2D eigenvalue weighted by Crippen LogP contribution is 2.27. The summed E-state index contributed by atoms with van der Waals surface area (Å²) in [7, 11) is 0. The quantitative estimate of drug-likeness (QED) is 0.522. The van der Waals surface area contributed by atoms with E-state index in [4.69, 9.17) is 10.5 Å². The SMILES string of the molecule is Nc1ccc(NCCCN2CCCCC2)c(OCCN2CCCCC2)c1. The molecule has 2 heterocycles. The highest BCUT2D eigenvalue weighted by Gasteiger charge is 2.11. The van der Waals surface area contributed by atoms with Crippen LogP contribution >= 0.6 is 0 Å². The molecule has 0 atom stereocenters. The van der Waals surface area contributed by atoms with E-state index in [-0.39, 0.29) is 0 Å². The third-order valence-electron chi connectivity index (χ3n) is 5.53. The first-order valence-electron chi connectivity index (χ1n) is 10.5. The Morgan fingerprint density at radius 1 is 0.885 bits per heavy atom. The van der Waals surface area contributed by atoms with Crippen LogP contribution in [-0.2, 0) is 0 Å². The third-order valence-corrected chi connectivity index (χ3v) is 5.53. The molecule has 0 amide bonds. The van der Waals surface area contributed by atoms with E-state index in [1.807, 2.05) is 18.2 Å². The van der Waals surface area contributed by atoms with Crippen molar-refractivity contribution >= 4 is 11.4 Å². The van der Waals surface area contributed by atoms with E-state index in [1.54, 1.807) is 0 Å². The zero-order chi connectivity index (χ0) is 18.0. The number of benzene rings is 1. The topological polar surface area (TPSA) is 53.8 Å². The van der Waals surface area contributed by atoms with E-state index >= 15 is 0 Å². The average Bonchev–Trinajstić information content (AvgIpc) is 2.68. The summed E-state index contributed by atoms with van der Waals surface area (Å²) >= 11 is 0. The number of ether oxygens (including phenoxy) is 1. The molecule has 3 N–H and O–H groups in total. The van der Waals surface area contributed by atoms with Gasteiger partial charge >= 0.3 is 0 Å². The van der Waals surface area contributed by atoms with Crippen molar-refractivity contribution in [3.8, 4) is 5.75 Å². The zero-order valence-corrected chi connectivity index (χ0v) is 16.2. The second-order valence-corrected chi connectivity index (χ2v) is 7.69. The summed E-state index contributed by atoms with van der Waals surface area (Å²) in [5, 5.41) is 3.55. The van der Waals surface area contributed by atoms with Crippen molar-refractivity contribution in [2.45, 2.75) is 44.9 Å². The third kappa shape index (κ3) is 6.36. The monoisotopic (exact) mass is 360 g/mol. The summed E-state index contributed by atoms with van der Waals surface area (Å²) in [5.74, 6) is 0.889. The molecule has 3 rings (SSSR count). The first-order chi connectivity index (χ1) is 12.8. The molecule has 5 nitrogen and oxygen atoms in total. The van der Waals surface area contributed by atoms with Gasteiger partial charge in [-0.3, -0.25) is 4.90 Å². The largest absolute Gasteiger partial charge is 0.490 e. The molecular weight excluding hydrogens is 324 g/mol. The number of anilines is 2. The fourth-order valence-corrected chi connectivity index (χ4v) is 3.98. The number of piperidine rings is 2. The lowest BCUT2D eigenvalue weighted by Gasteiger charge is -2.27. The first-order valence-corrected chi connectivity index (χ1v) is 10.5. The van der Waals surface area contributed by atoms with E-state index in [0.717, 1.165) is 43.2 Å². The van der Waals surface area contributed by atoms with Crippen molar-refractivity contribution in [2.75, 3.05) is 63.5 Å². The van der Waals surface area contributed by atoms with Crippen molar-refractivity contribution in [1.82, 2.24) is 9.80 Å². The van der Waals surface area contributed by atoms with Gasteiger partial charge in [0.25, 0.3) is 0 Å². The van der Waals surface area contributed by atoms with Crippen LogP contribution in [0, 0.1) is 0 Å². The number of nitrogens with one attached hydrogen (secondary N) is 1. The van der Waals surface area contributed by atoms with Crippen LogP contribution in [0.15, 0.2) is 18.2 Å². The number of nitrogen functional groups attached to an aromatic ring is 1. The minimum absolute atomic E-state index is 0.728. The standard InChI is InChI=1S/C21H36N4O/c22-19-8-9-20(23-10-7-15-24-11-3-1-4-12-24)21(18-19)26-17-16-25-13-5-2-6-14-25/h8-9,18,23H,1-7,10-17,22H2. The Balaban J connectivity index is 1.41. The summed E-state index contributed by atoms with van der Waals surface area (Å²) < 4.78 is 6.07. The van der Waals surface area contributed by atoms with Gasteiger partial charge in [-0.05, 0) is 77.0 Å². The summed E-state index contributed by atoms with van der Waals surface area (Å²) in [6, 6.07) is 5.94. The van der Waals surface area contributed by atoms with Gasteiger partial charge in [0.1, 0.15) is 12.4 Å². The lowest BCUT2D eigenvalue weighted by Crippen LogP contribution is -2.33. The van der Waals surface area contributed by atoms with Crippen LogP contribution < -0.4 is 15.8 Å². The van der Waals surface area contributed by atoms with Crippen LogP contribution in [0.3, 0.4) is 0 Å². The number of rotatable bonds is 9. The van der Waals surface area contributed by atoms with Gasteiger partial charge in [0.15, 0.2) is 0 Å². The van der Waals surface area contributed by atoms with Gasteiger partial charge < -0.3 is 20.7 Å². The maximum absolute atomic E-state index is 6.07. The molecule has 146 valence electrons. The van der Waals surface area contributed by atoms with Gasteiger partial charge in [-0.2, -0.15) is 0 Å². The Bertz CT molecular complexity index is 525. The van der Waals surface area contributed by atoms with Crippen LogP contribution in [0.2, 0.25) is 0 Å². The van der Waals surface area contributed by atoms with Crippen molar-refractivity contribution in [3.63, 3.8) is 0 Å². The molecule has 1 aromatic rings. The lowest BCUT2D eigenvalue weighted by molar-refractivity contribution is 0.184. The van der Waals surface area contributed by atoms with Crippen LogP contribution in [0.4, 0.5) is 11.4 Å². The van der Waals surface area contributed by atoms with Crippen LogP contribution in [0.25, 0.3) is 0 Å². The van der Waals surface area contributed by atoms with Gasteiger partial charge in [0, 0.05) is 24.8 Å². The van der Waals surface area contributed by atoms with E-state index in [2.05, 4.69) is 15.1 Å². The Kier molecular flexibility index (Phi) is 7.89. The molecule has 1 aromatic carbocycles. The van der Waals surface area contributed by atoms with Crippen LogP contribution in [0.5, 0.6) is 5.75 Å². The fourth-order valence-electron chi connectivity index (χ4n) is 3.98. The first kappa shape index (κ1) is 19.3. The van der Waals surface area contributed by atoms with Gasteiger partial charge in [-0.25, -0.2) is 0 Å². The van der Waals surface area contributed by atoms with Crippen molar-refractivity contribution < 1.29 is 4.74 Å². The summed E-state index contributed by atoms with van der Waals surface area (Å²) in [6.07, 6.45) is 9.30. The molecule has 0 spiro atoms. The molecule has 2 aliphatic rings. The van der Waals surface area contributed by atoms with E-state index in [9.17, 15) is 0 Å². The number of nitrogens with zero attached hydrogens (tertiary/aromatic N) is 2. The molecule has 0 unspecified atom stereocenters. The average molecular weight is 361 g/mol. The predicted molar refractivity (Wildman–Crippen MR) is 110 cm³/mol. The minimum atomic E-state index is 0.728. The normalized spacial score (nSPS) is 19.4. The molecule has 2 fully saturated rings. The summed E-state index contributed by atoms with van der Waals surface area (Å²) in [6.45, 7) is 8.86. The highest BCUT2D eigenvalue weighted by molar-refractivity contribution is 5.62. The molecule has 2 saturated heterocycles. The molecular formula is C21H36N4O. The van der Waals surface area contributed by atoms with E-state index in [0.29, 0.717) is 0 Å². The Labute approximate surface area is 158 Å². The molecule has 0 saturated carbocycles. The van der Waals surface area contributed by atoms with Crippen molar-refractivity contribution in [2.24, 2.45) is 0 Å². The second kappa shape index (κ2) is 10.6. The maximum Gasteiger partial charge on any atom is 0.144 e. The summed E-state index contributed by atoms with van der Waals surface area (Å²) in [5.41, 5.74) is 7.80. The molecule has 26 heavy (non-hydrogen) atoms.